The summed E-state index contributed by atoms with van der Waals surface area (Å²) in [4.78, 5) is 15.6. The molecule has 0 spiro atoms. The summed E-state index contributed by atoms with van der Waals surface area (Å²) in [5.74, 6) is 0.257. The Labute approximate surface area is 147 Å². The Morgan fingerprint density at radius 2 is 2.00 bits per heavy atom. The molecule has 0 aliphatic heterocycles. The lowest BCUT2D eigenvalue weighted by molar-refractivity contribution is 0.0696. The first-order chi connectivity index (χ1) is 11.5. The number of rotatable bonds is 4. The number of hydrogen-bond acceptors (Lipinski definition) is 3. The van der Waals surface area contributed by atoms with Gasteiger partial charge in [-0.1, -0.05) is 34.1 Å². The average Bonchev–Trinajstić information content (AvgIpc) is 3.02. The van der Waals surface area contributed by atoms with Gasteiger partial charge >= 0.3 is 5.97 Å². The number of halogens is 1. The minimum absolute atomic E-state index is 0.272. The maximum absolute atomic E-state index is 11.2. The molecule has 4 nitrogen and oxygen atoms in total. The maximum atomic E-state index is 11.2. The van der Waals surface area contributed by atoms with E-state index in [1.807, 2.05) is 30.3 Å². The van der Waals surface area contributed by atoms with Crippen LogP contribution in [0.3, 0.4) is 0 Å². The van der Waals surface area contributed by atoms with Crippen LogP contribution in [0.5, 0.6) is 0 Å². The third-order valence-electron chi connectivity index (χ3n) is 3.53. The smallest absolute Gasteiger partial charge is 0.335 e. The van der Waals surface area contributed by atoms with Gasteiger partial charge in [0.05, 0.1) is 17.5 Å². The lowest BCUT2D eigenvalue weighted by Gasteiger charge is -2.03. The molecule has 0 saturated carbocycles. The second-order valence-electron chi connectivity index (χ2n) is 5.27. The number of aromatic carboxylic acids is 1. The summed E-state index contributed by atoms with van der Waals surface area (Å²) < 4.78 is 6.70. The van der Waals surface area contributed by atoms with Crippen molar-refractivity contribution in [1.82, 2.24) is 0 Å². The highest BCUT2D eigenvalue weighted by molar-refractivity contribution is 9.10. The van der Waals surface area contributed by atoms with E-state index in [1.165, 1.54) is 0 Å². The molecular weight excluding hydrogens is 370 g/mol. The molecule has 3 aromatic rings. The Bertz CT molecular complexity index is 928. The summed E-state index contributed by atoms with van der Waals surface area (Å²) in [5.41, 5.74) is 2.52. The zero-order chi connectivity index (χ0) is 17.1. The molecule has 1 heterocycles. The van der Waals surface area contributed by atoms with Crippen LogP contribution in [-0.2, 0) is 0 Å². The van der Waals surface area contributed by atoms with E-state index >= 15 is 0 Å². The third kappa shape index (κ3) is 3.63. The molecule has 0 unspecified atom stereocenters. The first-order valence-corrected chi connectivity index (χ1v) is 8.06. The van der Waals surface area contributed by atoms with Gasteiger partial charge in [-0.15, -0.1) is 0 Å². The summed E-state index contributed by atoms with van der Waals surface area (Å²) in [5, 5.41) is 9.22. The van der Waals surface area contributed by atoms with Crippen molar-refractivity contribution >= 4 is 33.8 Å². The summed E-state index contributed by atoms with van der Waals surface area (Å²) in [7, 11) is 0. The van der Waals surface area contributed by atoms with E-state index < -0.39 is 5.97 Å². The lowest BCUT2D eigenvalue weighted by atomic mass is 10.0. The van der Waals surface area contributed by atoms with Crippen molar-refractivity contribution in [3.05, 3.63) is 76.0 Å². The Balaban J connectivity index is 1.86. The van der Waals surface area contributed by atoms with Crippen molar-refractivity contribution in [1.29, 1.82) is 0 Å². The molecule has 2 aromatic carbocycles. The van der Waals surface area contributed by atoms with E-state index in [-0.39, 0.29) is 5.56 Å². The maximum Gasteiger partial charge on any atom is 0.335 e. The predicted octanol–water partition coefficient (Wildman–Crippen LogP) is 5.47. The third-order valence-corrected chi connectivity index (χ3v) is 4.02. The van der Waals surface area contributed by atoms with Crippen LogP contribution in [0.25, 0.3) is 11.3 Å². The number of carboxylic acid groups (broad SMARTS) is 1. The average molecular weight is 384 g/mol. The van der Waals surface area contributed by atoms with Gasteiger partial charge in [-0.05, 0) is 48.9 Å². The fraction of sp³-hybridized carbons (Fsp3) is 0.0526. The largest absolute Gasteiger partial charge is 0.478 e. The zero-order valence-corrected chi connectivity index (χ0v) is 14.4. The van der Waals surface area contributed by atoms with Gasteiger partial charge in [0.15, 0.2) is 0 Å². The number of aryl methyl sites for hydroxylation is 1. The van der Waals surface area contributed by atoms with E-state index in [4.69, 9.17) is 4.42 Å². The standard InChI is InChI=1S/C19H14BrNO3/c1-12-5-6-13(9-17(12)19(22)23)18-8-7-16(24-18)11-21-15-4-2-3-14(20)10-15/h2-11H,1H3,(H,22,23). The van der Waals surface area contributed by atoms with Gasteiger partial charge in [0.2, 0.25) is 0 Å². The van der Waals surface area contributed by atoms with E-state index in [1.54, 1.807) is 37.4 Å². The number of furan rings is 1. The van der Waals surface area contributed by atoms with Crippen molar-refractivity contribution in [2.24, 2.45) is 4.99 Å². The highest BCUT2D eigenvalue weighted by Crippen LogP contribution is 2.25. The molecule has 0 aliphatic rings. The Morgan fingerprint density at radius 3 is 2.75 bits per heavy atom. The van der Waals surface area contributed by atoms with Crippen molar-refractivity contribution < 1.29 is 14.3 Å². The SMILES string of the molecule is Cc1ccc(-c2ccc(C=Nc3cccc(Br)c3)o2)cc1C(=O)O. The Morgan fingerprint density at radius 1 is 1.17 bits per heavy atom. The molecule has 24 heavy (non-hydrogen) atoms. The van der Waals surface area contributed by atoms with Gasteiger partial charge in [-0.2, -0.15) is 0 Å². The van der Waals surface area contributed by atoms with Crippen molar-refractivity contribution in [2.45, 2.75) is 6.92 Å². The number of hydrogen-bond donors (Lipinski definition) is 1. The molecule has 3 rings (SSSR count). The molecular formula is C19H14BrNO3. The topological polar surface area (TPSA) is 62.8 Å². The van der Waals surface area contributed by atoms with Gasteiger partial charge < -0.3 is 9.52 Å². The number of carbonyl (C=O) groups is 1. The van der Waals surface area contributed by atoms with Crippen LogP contribution in [0.2, 0.25) is 0 Å². The van der Waals surface area contributed by atoms with Gasteiger partial charge in [-0.25, -0.2) is 4.79 Å². The molecule has 1 aromatic heterocycles. The lowest BCUT2D eigenvalue weighted by Crippen LogP contribution is -1.99. The monoisotopic (exact) mass is 383 g/mol. The summed E-state index contributed by atoms with van der Waals surface area (Å²) >= 11 is 3.40. The van der Waals surface area contributed by atoms with Crippen LogP contribution in [-0.4, -0.2) is 17.3 Å². The second kappa shape index (κ2) is 6.84. The molecule has 0 bridgehead atoms. The van der Waals surface area contributed by atoms with Crippen LogP contribution in [0.15, 0.2) is 68.5 Å². The molecule has 0 amide bonds. The fourth-order valence-electron chi connectivity index (χ4n) is 2.28. The Hall–Kier alpha value is -2.66. The molecule has 0 atom stereocenters. The Kier molecular flexibility index (Phi) is 4.62. The molecule has 5 heteroatoms. The van der Waals surface area contributed by atoms with E-state index in [0.29, 0.717) is 17.1 Å². The van der Waals surface area contributed by atoms with E-state index in [9.17, 15) is 9.90 Å². The van der Waals surface area contributed by atoms with Crippen molar-refractivity contribution in [3.63, 3.8) is 0 Å². The highest BCUT2D eigenvalue weighted by atomic mass is 79.9. The van der Waals surface area contributed by atoms with Crippen LogP contribution in [0.1, 0.15) is 21.7 Å². The normalized spacial score (nSPS) is 11.1. The number of benzene rings is 2. The first kappa shape index (κ1) is 16.2. The van der Waals surface area contributed by atoms with Crippen LogP contribution < -0.4 is 0 Å². The number of carboxylic acids is 1. The molecule has 0 radical (unpaired) electrons. The number of aliphatic imine (C=N–C) groups is 1. The second-order valence-corrected chi connectivity index (χ2v) is 6.19. The predicted molar refractivity (Wildman–Crippen MR) is 97.2 cm³/mol. The van der Waals surface area contributed by atoms with Crippen LogP contribution >= 0.6 is 15.9 Å². The molecule has 120 valence electrons. The summed E-state index contributed by atoms with van der Waals surface area (Å²) in [6.45, 7) is 1.77. The van der Waals surface area contributed by atoms with Gasteiger partial charge in [-0.3, -0.25) is 4.99 Å². The number of nitrogens with zero attached hydrogens (tertiary/aromatic N) is 1. The molecule has 0 saturated heterocycles. The first-order valence-electron chi connectivity index (χ1n) is 7.27. The summed E-state index contributed by atoms with van der Waals surface area (Å²) in [6.07, 6.45) is 1.64. The van der Waals surface area contributed by atoms with Crippen molar-refractivity contribution in [2.75, 3.05) is 0 Å². The minimum Gasteiger partial charge on any atom is -0.478 e. The van der Waals surface area contributed by atoms with E-state index in [0.717, 1.165) is 15.7 Å². The van der Waals surface area contributed by atoms with E-state index in [2.05, 4.69) is 20.9 Å². The highest BCUT2D eigenvalue weighted by Gasteiger charge is 2.11. The molecule has 1 N–H and O–H groups in total. The zero-order valence-electron chi connectivity index (χ0n) is 12.9. The quantitative estimate of drug-likeness (QED) is 0.607. The van der Waals surface area contributed by atoms with Gasteiger partial charge in [0, 0.05) is 10.0 Å². The van der Waals surface area contributed by atoms with Crippen molar-refractivity contribution in [3.8, 4) is 11.3 Å². The van der Waals surface area contributed by atoms with Crippen LogP contribution in [0, 0.1) is 6.92 Å². The van der Waals surface area contributed by atoms with Gasteiger partial charge in [0.25, 0.3) is 0 Å². The molecule has 0 fully saturated rings. The van der Waals surface area contributed by atoms with Crippen LogP contribution in [0.4, 0.5) is 5.69 Å². The summed E-state index contributed by atoms with van der Waals surface area (Å²) in [6, 6.07) is 16.5. The van der Waals surface area contributed by atoms with Gasteiger partial charge in [0.1, 0.15) is 11.5 Å². The fourth-order valence-corrected chi connectivity index (χ4v) is 2.66. The minimum atomic E-state index is -0.947. The molecule has 0 aliphatic carbocycles.